The number of nitrogens with zero attached hydrogens (tertiary/aromatic N) is 2. The van der Waals surface area contributed by atoms with Crippen LogP contribution in [0.2, 0.25) is 0 Å². The van der Waals surface area contributed by atoms with Crippen LogP contribution in [0.5, 0.6) is 5.75 Å². The van der Waals surface area contributed by atoms with Crippen molar-refractivity contribution in [3.05, 3.63) is 59.7 Å². The number of hydrogen-bond acceptors (Lipinski definition) is 6. The zero-order valence-electron chi connectivity index (χ0n) is 14.7. The van der Waals surface area contributed by atoms with Gasteiger partial charge in [-0.2, -0.15) is 9.52 Å². The summed E-state index contributed by atoms with van der Waals surface area (Å²) in [6.45, 7) is 0. The molecule has 1 atom stereocenters. The van der Waals surface area contributed by atoms with Crippen LogP contribution in [0.15, 0.2) is 53.6 Å². The van der Waals surface area contributed by atoms with E-state index in [1.165, 1.54) is 6.07 Å². The summed E-state index contributed by atoms with van der Waals surface area (Å²) >= 11 is 0. The van der Waals surface area contributed by atoms with Gasteiger partial charge < -0.3 is 5.11 Å². The molecule has 0 aliphatic carbocycles. The zero-order chi connectivity index (χ0) is 19.8. The van der Waals surface area contributed by atoms with E-state index in [1.54, 1.807) is 42.5 Å². The van der Waals surface area contributed by atoms with Crippen molar-refractivity contribution in [1.29, 1.82) is 0 Å². The lowest BCUT2D eigenvalue weighted by molar-refractivity contribution is 0.361. The van der Waals surface area contributed by atoms with Crippen LogP contribution in [-0.4, -0.2) is 44.6 Å². The number of phenolic OH excluding ortho intramolecular Hbond substituents is 1. The van der Waals surface area contributed by atoms with Crippen LogP contribution in [0.4, 0.5) is 5.69 Å². The number of para-hydroxylation sites is 1. The highest BCUT2D eigenvalue weighted by atomic mass is 32.2. The van der Waals surface area contributed by atoms with Crippen LogP contribution in [0, 0.1) is 0 Å². The molecule has 0 bridgehead atoms. The van der Waals surface area contributed by atoms with Gasteiger partial charge in [0.15, 0.2) is 0 Å². The minimum atomic E-state index is -3.67. The van der Waals surface area contributed by atoms with Gasteiger partial charge in [-0.1, -0.05) is 30.3 Å². The van der Waals surface area contributed by atoms with E-state index in [9.17, 15) is 21.9 Å². The third kappa shape index (κ3) is 4.40. The molecule has 144 valence electrons. The molecular formula is C17H19N3O5S2. The first kappa shape index (κ1) is 19.2. The first-order valence-electron chi connectivity index (χ1n) is 7.97. The molecule has 0 radical (unpaired) electrons. The van der Waals surface area contributed by atoms with Crippen molar-refractivity contribution >= 4 is 31.4 Å². The highest BCUT2D eigenvalue weighted by molar-refractivity contribution is 7.92. The van der Waals surface area contributed by atoms with E-state index >= 15 is 0 Å². The van der Waals surface area contributed by atoms with Crippen molar-refractivity contribution in [3.8, 4) is 5.75 Å². The van der Waals surface area contributed by atoms with E-state index in [0.29, 0.717) is 22.5 Å². The smallest absolute Gasteiger partial charge is 0.247 e. The second kappa shape index (κ2) is 6.86. The Labute approximate surface area is 158 Å². The van der Waals surface area contributed by atoms with Crippen LogP contribution in [0.25, 0.3) is 0 Å². The largest absolute Gasteiger partial charge is 0.508 e. The number of aromatic hydroxyl groups is 1. The van der Waals surface area contributed by atoms with Gasteiger partial charge in [0, 0.05) is 17.7 Å². The van der Waals surface area contributed by atoms with Gasteiger partial charge in [-0.3, -0.25) is 4.72 Å². The van der Waals surface area contributed by atoms with Crippen molar-refractivity contribution in [1.82, 2.24) is 4.41 Å². The lowest BCUT2D eigenvalue weighted by atomic mass is 9.98. The summed E-state index contributed by atoms with van der Waals surface area (Å²) in [5, 5.41) is 14.4. The summed E-state index contributed by atoms with van der Waals surface area (Å²) < 4.78 is 50.6. The Morgan fingerprint density at radius 2 is 1.78 bits per heavy atom. The molecule has 0 amide bonds. The van der Waals surface area contributed by atoms with E-state index < -0.39 is 26.1 Å². The second-order valence-electron chi connectivity index (χ2n) is 6.32. The molecule has 8 nitrogen and oxygen atoms in total. The first-order chi connectivity index (χ1) is 12.5. The first-order valence-corrected chi connectivity index (χ1v) is 11.7. The standard InChI is InChI=1S/C17H19N3O5S2/c1-26(22,23)19-13-7-5-6-12(10-13)15-11-16(20(18-15)27(2,24)25)14-8-3-4-9-17(14)21/h3-10,16,19,21H,11H2,1-2H3. The van der Waals surface area contributed by atoms with Gasteiger partial charge in [-0.15, -0.1) is 0 Å². The lowest BCUT2D eigenvalue weighted by Gasteiger charge is -2.22. The van der Waals surface area contributed by atoms with Crippen LogP contribution in [-0.2, 0) is 20.0 Å². The average molecular weight is 409 g/mol. The number of hydrogen-bond donors (Lipinski definition) is 2. The van der Waals surface area contributed by atoms with Gasteiger partial charge >= 0.3 is 0 Å². The summed E-state index contributed by atoms with van der Waals surface area (Å²) in [4.78, 5) is 0. The van der Waals surface area contributed by atoms with Crippen molar-refractivity contribution in [2.45, 2.75) is 12.5 Å². The van der Waals surface area contributed by atoms with Gasteiger partial charge in [0.25, 0.3) is 0 Å². The average Bonchev–Trinajstić information content (AvgIpc) is 2.99. The van der Waals surface area contributed by atoms with Crippen molar-refractivity contribution in [2.24, 2.45) is 5.10 Å². The van der Waals surface area contributed by atoms with Crippen LogP contribution < -0.4 is 4.72 Å². The molecule has 2 aromatic carbocycles. The third-order valence-electron chi connectivity index (χ3n) is 4.01. The number of sulfonamides is 2. The molecule has 3 rings (SSSR count). The molecule has 1 aliphatic heterocycles. The number of phenols is 1. The molecule has 1 aliphatic rings. The van der Waals surface area contributed by atoms with Gasteiger partial charge in [0.05, 0.1) is 24.3 Å². The van der Waals surface area contributed by atoms with E-state index in [-0.39, 0.29) is 12.2 Å². The highest BCUT2D eigenvalue weighted by Gasteiger charge is 2.35. The van der Waals surface area contributed by atoms with Crippen LogP contribution in [0.3, 0.4) is 0 Å². The summed E-state index contributed by atoms with van der Waals surface area (Å²) in [5.41, 5.74) is 1.88. The minimum Gasteiger partial charge on any atom is -0.508 e. The second-order valence-corrected chi connectivity index (χ2v) is 9.90. The maximum atomic E-state index is 12.2. The van der Waals surface area contributed by atoms with Gasteiger partial charge in [-0.25, -0.2) is 16.8 Å². The van der Waals surface area contributed by atoms with E-state index in [0.717, 1.165) is 16.9 Å². The quantitative estimate of drug-likeness (QED) is 0.782. The topological polar surface area (TPSA) is 116 Å². The molecule has 1 unspecified atom stereocenters. The zero-order valence-corrected chi connectivity index (χ0v) is 16.3. The maximum Gasteiger partial charge on any atom is 0.247 e. The molecule has 27 heavy (non-hydrogen) atoms. The van der Waals surface area contributed by atoms with E-state index in [1.807, 2.05) is 0 Å². The Morgan fingerprint density at radius 3 is 2.41 bits per heavy atom. The predicted molar refractivity (Wildman–Crippen MR) is 104 cm³/mol. The lowest BCUT2D eigenvalue weighted by Crippen LogP contribution is -2.25. The fraction of sp³-hybridized carbons (Fsp3) is 0.235. The molecule has 2 aromatic rings. The van der Waals surface area contributed by atoms with Gasteiger partial charge in [0.1, 0.15) is 5.75 Å². The Kier molecular flexibility index (Phi) is 4.87. The fourth-order valence-corrected chi connectivity index (χ4v) is 4.40. The summed E-state index contributed by atoms with van der Waals surface area (Å²) in [5.74, 6) is -0.0138. The van der Waals surface area contributed by atoms with Crippen molar-refractivity contribution in [3.63, 3.8) is 0 Å². The number of anilines is 1. The van der Waals surface area contributed by atoms with Crippen LogP contribution >= 0.6 is 0 Å². The molecule has 2 N–H and O–H groups in total. The summed E-state index contributed by atoms with van der Waals surface area (Å²) in [7, 11) is -7.11. The summed E-state index contributed by atoms with van der Waals surface area (Å²) in [6, 6.07) is 12.4. The third-order valence-corrected chi connectivity index (χ3v) is 5.63. The molecular weight excluding hydrogens is 390 g/mol. The Bertz CT molecular complexity index is 1110. The number of nitrogens with one attached hydrogen (secondary N) is 1. The molecule has 0 aromatic heterocycles. The fourth-order valence-electron chi connectivity index (χ4n) is 2.95. The number of hydrazone groups is 1. The van der Waals surface area contributed by atoms with Crippen molar-refractivity contribution < 1.29 is 21.9 Å². The number of rotatable bonds is 5. The molecule has 0 spiro atoms. The van der Waals surface area contributed by atoms with Gasteiger partial charge in [-0.05, 0) is 23.8 Å². The molecule has 0 saturated heterocycles. The van der Waals surface area contributed by atoms with E-state index in [4.69, 9.17) is 0 Å². The van der Waals surface area contributed by atoms with E-state index in [2.05, 4.69) is 9.82 Å². The molecule has 0 saturated carbocycles. The molecule has 10 heteroatoms. The molecule has 1 heterocycles. The molecule has 0 fully saturated rings. The number of benzene rings is 2. The summed E-state index contributed by atoms with van der Waals surface area (Å²) in [6.07, 6.45) is 2.34. The predicted octanol–water partition coefficient (Wildman–Crippen LogP) is 1.87. The highest BCUT2D eigenvalue weighted by Crippen LogP contribution is 2.38. The monoisotopic (exact) mass is 409 g/mol. The Hall–Kier alpha value is -2.59. The van der Waals surface area contributed by atoms with Crippen LogP contribution in [0.1, 0.15) is 23.6 Å². The SMILES string of the molecule is CS(=O)(=O)Nc1cccc(C2=NN(S(C)(=O)=O)C(c3ccccc3O)C2)c1. The van der Waals surface area contributed by atoms with Gasteiger partial charge in [0.2, 0.25) is 20.0 Å². The minimum absolute atomic E-state index is 0.0138. The van der Waals surface area contributed by atoms with Crippen molar-refractivity contribution in [2.75, 3.05) is 17.2 Å². The normalized spacial score (nSPS) is 17.6. The Balaban J connectivity index is 2.00. The Morgan fingerprint density at radius 1 is 1.07 bits per heavy atom. The maximum absolute atomic E-state index is 12.2.